The van der Waals surface area contributed by atoms with Gasteiger partial charge in [0.1, 0.15) is 5.01 Å². The first-order valence-electron chi connectivity index (χ1n) is 7.87. The molecule has 1 aliphatic heterocycles. The molecular formula is C15H26N4S. The van der Waals surface area contributed by atoms with E-state index in [2.05, 4.69) is 34.3 Å². The number of hydrogen-bond acceptors (Lipinski definition) is 5. The highest BCUT2D eigenvalue weighted by molar-refractivity contribution is 7.09. The highest BCUT2D eigenvalue weighted by atomic mass is 32.1. The van der Waals surface area contributed by atoms with E-state index in [1.54, 1.807) is 11.3 Å². The third-order valence-electron chi connectivity index (χ3n) is 4.36. The van der Waals surface area contributed by atoms with E-state index in [9.17, 15) is 0 Å². The molecule has 1 atom stereocenters. The van der Waals surface area contributed by atoms with Crippen molar-refractivity contribution in [3.8, 4) is 0 Å². The number of rotatable bonds is 6. The summed E-state index contributed by atoms with van der Waals surface area (Å²) in [4.78, 5) is 9.87. The standard InChI is InChI=1S/C15H26N4S/c1-3-19-7-6-18(9-12(19)2)10-14-11-20-15(17-14)8-16-13-4-5-13/h11-13,16H,3-10H2,1-2H3. The van der Waals surface area contributed by atoms with Gasteiger partial charge in [0.2, 0.25) is 0 Å². The average Bonchev–Trinajstić information content (AvgIpc) is 3.17. The molecule has 1 saturated heterocycles. The molecule has 2 fully saturated rings. The van der Waals surface area contributed by atoms with Gasteiger partial charge in [0.25, 0.3) is 0 Å². The van der Waals surface area contributed by atoms with Gasteiger partial charge < -0.3 is 5.32 Å². The summed E-state index contributed by atoms with van der Waals surface area (Å²) in [5.41, 5.74) is 1.25. The lowest BCUT2D eigenvalue weighted by molar-refractivity contribution is 0.0827. The molecule has 20 heavy (non-hydrogen) atoms. The zero-order chi connectivity index (χ0) is 13.9. The van der Waals surface area contributed by atoms with Crippen molar-refractivity contribution < 1.29 is 0 Å². The van der Waals surface area contributed by atoms with Crippen molar-refractivity contribution in [3.05, 3.63) is 16.1 Å². The van der Waals surface area contributed by atoms with Gasteiger partial charge in [0.05, 0.1) is 5.69 Å². The number of nitrogens with zero attached hydrogens (tertiary/aromatic N) is 3. The maximum Gasteiger partial charge on any atom is 0.107 e. The van der Waals surface area contributed by atoms with Gasteiger partial charge in [-0.15, -0.1) is 11.3 Å². The second-order valence-corrected chi connectivity index (χ2v) is 7.04. The monoisotopic (exact) mass is 294 g/mol. The Bertz CT molecular complexity index is 429. The lowest BCUT2D eigenvalue weighted by atomic mass is 10.2. The van der Waals surface area contributed by atoms with Crippen LogP contribution in [0.25, 0.3) is 0 Å². The van der Waals surface area contributed by atoms with Crippen molar-refractivity contribution in [2.24, 2.45) is 0 Å². The number of piperazine rings is 1. The highest BCUT2D eigenvalue weighted by Gasteiger charge is 2.23. The minimum Gasteiger partial charge on any atom is -0.308 e. The fourth-order valence-electron chi connectivity index (χ4n) is 2.94. The number of thiazole rings is 1. The average molecular weight is 294 g/mol. The van der Waals surface area contributed by atoms with Crippen LogP contribution < -0.4 is 5.32 Å². The van der Waals surface area contributed by atoms with Crippen LogP contribution in [0.1, 0.15) is 37.4 Å². The largest absolute Gasteiger partial charge is 0.308 e. The Balaban J connectivity index is 1.47. The van der Waals surface area contributed by atoms with E-state index >= 15 is 0 Å². The van der Waals surface area contributed by atoms with Gasteiger partial charge in [0.15, 0.2) is 0 Å². The van der Waals surface area contributed by atoms with Crippen LogP contribution in [-0.2, 0) is 13.1 Å². The summed E-state index contributed by atoms with van der Waals surface area (Å²) in [6, 6.07) is 1.44. The molecule has 1 aromatic heterocycles. The summed E-state index contributed by atoms with van der Waals surface area (Å²) in [5, 5.41) is 7.02. The Hall–Kier alpha value is -0.490. The zero-order valence-electron chi connectivity index (χ0n) is 12.6. The fraction of sp³-hybridized carbons (Fsp3) is 0.800. The quantitative estimate of drug-likeness (QED) is 0.868. The molecule has 0 aromatic carbocycles. The van der Waals surface area contributed by atoms with E-state index in [1.165, 1.54) is 49.7 Å². The summed E-state index contributed by atoms with van der Waals surface area (Å²) < 4.78 is 0. The number of nitrogens with one attached hydrogen (secondary N) is 1. The van der Waals surface area contributed by atoms with Crippen LogP contribution >= 0.6 is 11.3 Å². The van der Waals surface area contributed by atoms with Crippen LogP contribution in [0, 0.1) is 0 Å². The minimum atomic E-state index is 0.670. The van der Waals surface area contributed by atoms with Gasteiger partial charge in [0, 0.05) is 50.2 Å². The first kappa shape index (κ1) is 14.4. The van der Waals surface area contributed by atoms with Crippen molar-refractivity contribution in [1.29, 1.82) is 0 Å². The smallest absolute Gasteiger partial charge is 0.107 e. The van der Waals surface area contributed by atoms with Gasteiger partial charge in [-0.2, -0.15) is 0 Å². The minimum absolute atomic E-state index is 0.670. The van der Waals surface area contributed by atoms with Crippen LogP contribution in [0.15, 0.2) is 5.38 Å². The predicted molar refractivity (Wildman–Crippen MR) is 84.0 cm³/mol. The van der Waals surface area contributed by atoms with Crippen LogP contribution in [0.2, 0.25) is 0 Å². The molecule has 0 radical (unpaired) electrons. The lowest BCUT2D eigenvalue weighted by Gasteiger charge is -2.39. The first-order valence-corrected chi connectivity index (χ1v) is 8.75. The highest BCUT2D eigenvalue weighted by Crippen LogP contribution is 2.20. The van der Waals surface area contributed by atoms with E-state index in [-0.39, 0.29) is 0 Å². The van der Waals surface area contributed by atoms with Crippen molar-refractivity contribution in [2.45, 2.75) is 51.9 Å². The number of likely N-dealkylation sites (N-methyl/N-ethyl adjacent to an activating group) is 1. The van der Waals surface area contributed by atoms with Crippen LogP contribution in [0.5, 0.6) is 0 Å². The Kier molecular flexibility index (Phi) is 4.71. The summed E-state index contributed by atoms with van der Waals surface area (Å²) in [6.45, 7) is 11.3. The predicted octanol–water partition coefficient (Wildman–Crippen LogP) is 1.92. The molecule has 0 bridgehead atoms. The second kappa shape index (κ2) is 6.52. The van der Waals surface area contributed by atoms with E-state index < -0.39 is 0 Å². The fourth-order valence-corrected chi connectivity index (χ4v) is 3.67. The molecule has 4 nitrogen and oxygen atoms in total. The molecule has 1 unspecified atom stereocenters. The van der Waals surface area contributed by atoms with E-state index in [1.807, 2.05) is 0 Å². The number of hydrogen-bond donors (Lipinski definition) is 1. The lowest BCUT2D eigenvalue weighted by Crippen LogP contribution is -2.51. The molecule has 1 aromatic rings. The Labute approximate surface area is 126 Å². The van der Waals surface area contributed by atoms with Gasteiger partial charge in [-0.25, -0.2) is 4.98 Å². The second-order valence-electron chi connectivity index (χ2n) is 6.10. The molecule has 3 rings (SSSR count). The molecule has 2 heterocycles. The Morgan fingerprint density at radius 3 is 2.95 bits per heavy atom. The third-order valence-corrected chi connectivity index (χ3v) is 5.26. The molecular weight excluding hydrogens is 268 g/mol. The van der Waals surface area contributed by atoms with E-state index in [0.29, 0.717) is 6.04 Å². The zero-order valence-corrected chi connectivity index (χ0v) is 13.5. The Morgan fingerprint density at radius 2 is 2.25 bits per heavy atom. The molecule has 1 saturated carbocycles. The summed E-state index contributed by atoms with van der Waals surface area (Å²) >= 11 is 1.80. The van der Waals surface area contributed by atoms with Crippen LogP contribution in [0.4, 0.5) is 0 Å². The number of aromatic nitrogens is 1. The first-order chi connectivity index (χ1) is 9.74. The summed E-state index contributed by atoms with van der Waals surface area (Å²) in [6.07, 6.45) is 2.69. The molecule has 0 spiro atoms. The SMILES string of the molecule is CCN1CCN(Cc2csc(CNC3CC3)n2)CC1C. The van der Waals surface area contributed by atoms with Gasteiger partial charge in [-0.05, 0) is 26.3 Å². The molecule has 5 heteroatoms. The van der Waals surface area contributed by atoms with Crippen molar-refractivity contribution in [1.82, 2.24) is 20.1 Å². The van der Waals surface area contributed by atoms with Crippen molar-refractivity contribution in [3.63, 3.8) is 0 Å². The molecule has 2 aliphatic rings. The normalized spacial score (nSPS) is 25.2. The molecule has 0 amide bonds. The van der Waals surface area contributed by atoms with Gasteiger partial charge >= 0.3 is 0 Å². The van der Waals surface area contributed by atoms with Gasteiger partial charge in [-0.1, -0.05) is 6.92 Å². The van der Waals surface area contributed by atoms with Crippen molar-refractivity contribution >= 4 is 11.3 Å². The van der Waals surface area contributed by atoms with Crippen LogP contribution in [0.3, 0.4) is 0 Å². The Morgan fingerprint density at radius 1 is 1.40 bits per heavy atom. The van der Waals surface area contributed by atoms with Crippen molar-refractivity contribution in [2.75, 3.05) is 26.2 Å². The van der Waals surface area contributed by atoms with Gasteiger partial charge in [-0.3, -0.25) is 9.80 Å². The van der Waals surface area contributed by atoms with Crippen LogP contribution in [-0.4, -0.2) is 53.0 Å². The third kappa shape index (κ3) is 3.79. The summed E-state index contributed by atoms with van der Waals surface area (Å²) in [5.74, 6) is 0. The topological polar surface area (TPSA) is 31.4 Å². The molecule has 1 N–H and O–H groups in total. The molecule has 1 aliphatic carbocycles. The molecule has 112 valence electrons. The maximum absolute atomic E-state index is 4.77. The van der Waals surface area contributed by atoms with E-state index in [4.69, 9.17) is 4.98 Å². The maximum atomic E-state index is 4.77. The summed E-state index contributed by atoms with van der Waals surface area (Å²) in [7, 11) is 0. The van der Waals surface area contributed by atoms with E-state index in [0.717, 1.165) is 19.1 Å².